The summed E-state index contributed by atoms with van der Waals surface area (Å²) in [6.07, 6.45) is 5.08. The molecule has 0 bridgehead atoms. The fourth-order valence-corrected chi connectivity index (χ4v) is 7.19. The molecule has 248 valence electrons. The first-order chi connectivity index (χ1) is 23.3. The number of nitrogen functional groups attached to an aromatic ring is 1. The first kappa shape index (κ1) is 32.2. The molecule has 7 rings (SSSR count). The number of hydrogen-bond acceptors (Lipinski definition) is 9. The van der Waals surface area contributed by atoms with Crippen molar-refractivity contribution >= 4 is 63.6 Å². The standard InChI is InChI=1S/C36H37Cl2N7O3/c1-47-30-19-28-29(20-31(30)48-2)40-36(41-35(28)39)44-16-14-43(15-17-44)21-32(46)45-34(23-8-12-26(38)13-9-23)27-5-3-4-24(33(27)42-45)18-22-6-10-25(37)11-7-22/h6-13,18-20,27,34H,3-5,14-17,21H2,1-2H3,(H2,39,40,41)/b24-18-. The van der Waals surface area contributed by atoms with E-state index in [2.05, 4.69) is 20.9 Å². The van der Waals surface area contributed by atoms with Crippen molar-refractivity contribution in [1.82, 2.24) is 19.9 Å². The Morgan fingerprint density at radius 2 is 1.60 bits per heavy atom. The van der Waals surface area contributed by atoms with Crippen LogP contribution < -0.4 is 20.1 Å². The maximum Gasteiger partial charge on any atom is 0.257 e. The molecule has 48 heavy (non-hydrogen) atoms. The predicted octanol–water partition coefficient (Wildman–Crippen LogP) is 6.48. The van der Waals surface area contributed by atoms with Crippen LogP contribution in [0.4, 0.5) is 11.8 Å². The second-order valence-corrected chi connectivity index (χ2v) is 13.2. The van der Waals surface area contributed by atoms with Crippen molar-refractivity contribution in [2.75, 3.05) is 57.6 Å². The van der Waals surface area contributed by atoms with Gasteiger partial charge < -0.3 is 20.1 Å². The van der Waals surface area contributed by atoms with Crippen LogP contribution in [0.25, 0.3) is 17.0 Å². The number of benzene rings is 3. The molecule has 2 atom stereocenters. The Morgan fingerprint density at radius 3 is 2.29 bits per heavy atom. The van der Waals surface area contributed by atoms with Crippen molar-refractivity contribution in [2.24, 2.45) is 11.0 Å². The van der Waals surface area contributed by atoms with Gasteiger partial charge in [0.2, 0.25) is 5.95 Å². The van der Waals surface area contributed by atoms with E-state index in [1.165, 1.54) is 5.57 Å². The molecule has 10 nitrogen and oxygen atoms in total. The van der Waals surface area contributed by atoms with Crippen LogP contribution in [0.3, 0.4) is 0 Å². The molecule has 1 amide bonds. The number of rotatable bonds is 7. The summed E-state index contributed by atoms with van der Waals surface area (Å²) in [5.41, 5.74) is 11.3. The number of ether oxygens (including phenoxy) is 2. The number of hydrazone groups is 1. The van der Waals surface area contributed by atoms with Crippen LogP contribution in [0.1, 0.15) is 36.4 Å². The van der Waals surface area contributed by atoms with Crippen molar-refractivity contribution < 1.29 is 14.3 Å². The normalized spacial score (nSPS) is 20.6. The number of amides is 1. The second kappa shape index (κ2) is 13.6. The molecule has 1 saturated heterocycles. The molecule has 2 unspecified atom stereocenters. The molecule has 3 aliphatic rings. The molecular weight excluding hydrogens is 649 g/mol. The van der Waals surface area contributed by atoms with Gasteiger partial charge >= 0.3 is 0 Å². The number of carbonyl (C=O) groups excluding carboxylic acids is 1. The zero-order valence-corrected chi connectivity index (χ0v) is 28.4. The van der Waals surface area contributed by atoms with Crippen molar-refractivity contribution in [2.45, 2.75) is 25.3 Å². The average molecular weight is 687 g/mol. The molecule has 1 saturated carbocycles. The van der Waals surface area contributed by atoms with E-state index >= 15 is 0 Å². The van der Waals surface area contributed by atoms with Gasteiger partial charge in [-0.1, -0.05) is 47.5 Å². The fourth-order valence-electron chi connectivity index (χ4n) is 6.94. The smallest absolute Gasteiger partial charge is 0.257 e. The number of fused-ring (bicyclic) bond motifs is 2. The van der Waals surface area contributed by atoms with E-state index in [1.807, 2.05) is 54.6 Å². The minimum Gasteiger partial charge on any atom is -0.493 e. The number of aromatic nitrogens is 2. The third kappa shape index (κ3) is 6.40. The van der Waals surface area contributed by atoms with Gasteiger partial charge in [-0.25, -0.2) is 9.99 Å². The highest BCUT2D eigenvalue weighted by molar-refractivity contribution is 6.30. The Hall–Kier alpha value is -4.38. The van der Waals surface area contributed by atoms with Crippen LogP contribution in [0, 0.1) is 5.92 Å². The van der Waals surface area contributed by atoms with E-state index in [-0.39, 0.29) is 24.4 Å². The van der Waals surface area contributed by atoms with Gasteiger partial charge in [0.05, 0.1) is 38.0 Å². The topological polar surface area (TPSA) is 109 Å². The predicted molar refractivity (Wildman–Crippen MR) is 191 cm³/mol. The van der Waals surface area contributed by atoms with Crippen molar-refractivity contribution in [3.8, 4) is 11.5 Å². The number of methoxy groups -OCH3 is 2. The van der Waals surface area contributed by atoms with Gasteiger partial charge in [-0.2, -0.15) is 10.1 Å². The van der Waals surface area contributed by atoms with E-state index in [0.29, 0.717) is 70.4 Å². The summed E-state index contributed by atoms with van der Waals surface area (Å²) in [7, 11) is 3.17. The number of anilines is 2. The molecule has 3 heterocycles. The number of halogens is 2. The van der Waals surface area contributed by atoms with Gasteiger partial charge in [0.1, 0.15) is 5.82 Å². The summed E-state index contributed by atoms with van der Waals surface area (Å²) >= 11 is 12.4. The highest BCUT2D eigenvalue weighted by atomic mass is 35.5. The molecule has 12 heteroatoms. The summed E-state index contributed by atoms with van der Waals surface area (Å²) in [6.45, 7) is 2.89. The molecule has 2 aliphatic heterocycles. The van der Waals surface area contributed by atoms with Gasteiger partial charge in [0.15, 0.2) is 11.5 Å². The Bertz CT molecular complexity index is 1890. The quantitative estimate of drug-likeness (QED) is 0.235. The van der Waals surface area contributed by atoms with Gasteiger partial charge in [-0.05, 0) is 72.4 Å². The van der Waals surface area contributed by atoms with E-state index in [9.17, 15) is 4.79 Å². The summed E-state index contributed by atoms with van der Waals surface area (Å²) in [5, 5.41) is 8.86. The molecule has 2 N–H and O–H groups in total. The lowest BCUT2D eigenvalue weighted by molar-refractivity contribution is -0.135. The zero-order chi connectivity index (χ0) is 33.4. The number of allylic oxidation sites excluding steroid dienone is 1. The molecule has 0 spiro atoms. The lowest BCUT2D eigenvalue weighted by atomic mass is 9.77. The van der Waals surface area contributed by atoms with Gasteiger partial charge in [-0.15, -0.1) is 0 Å². The minimum atomic E-state index is -0.190. The number of nitrogens with two attached hydrogens (primary N) is 1. The van der Waals surface area contributed by atoms with E-state index in [1.54, 1.807) is 25.3 Å². The van der Waals surface area contributed by atoms with Gasteiger partial charge in [-0.3, -0.25) is 9.69 Å². The molecule has 0 radical (unpaired) electrons. The first-order valence-corrected chi connectivity index (χ1v) is 16.9. The SMILES string of the molecule is COc1cc2nc(N3CCN(CC(=O)N4N=C5/C(=C\c6ccc(Cl)cc6)CCCC5C4c4ccc(Cl)cc4)CC3)nc(N)c2cc1OC. The van der Waals surface area contributed by atoms with Crippen LogP contribution >= 0.6 is 23.2 Å². The van der Waals surface area contributed by atoms with Crippen molar-refractivity contribution in [1.29, 1.82) is 0 Å². The fraction of sp³-hybridized carbons (Fsp3) is 0.333. The number of piperazine rings is 1. The van der Waals surface area contributed by atoms with Crippen LogP contribution in [-0.2, 0) is 4.79 Å². The molecule has 1 aliphatic carbocycles. The molecule has 3 aromatic carbocycles. The van der Waals surface area contributed by atoms with E-state index in [4.69, 9.17) is 48.5 Å². The van der Waals surface area contributed by atoms with Crippen LogP contribution in [0.15, 0.2) is 71.3 Å². The number of hydrogen-bond donors (Lipinski definition) is 1. The Morgan fingerprint density at radius 1 is 0.938 bits per heavy atom. The molecule has 1 aromatic heterocycles. The molecular formula is C36H37Cl2N7O3. The van der Waals surface area contributed by atoms with Crippen LogP contribution in [0.5, 0.6) is 11.5 Å². The number of nitrogens with zero attached hydrogens (tertiary/aromatic N) is 6. The highest BCUT2D eigenvalue weighted by Crippen LogP contribution is 2.45. The lowest BCUT2D eigenvalue weighted by Gasteiger charge is -2.35. The Balaban J connectivity index is 1.09. The molecule has 2 fully saturated rings. The number of carbonyl (C=O) groups is 1. The summed E-state index contributed by atoms with van der Waals surface area (Å²) in [4.78, 5) is 27.8. The first-order valence-electron chi connectivity index (χ1n) is 16.1. The third-order valence-electron chi connectivity index (χ3n) is 9.41. The Labute approximate surface area is 289 Å². The highest BCUT2D eigenvalue weighted by Gasteiger charge is 2.44. The largest absolute Gasteiger partial charge is 0.493 e. The van der Waals surface area contributed by atoms with Crippen molar-refractivity contribution in [3.63, 3.8) is 0 Å². The van der Waals surface area contributed by atoms with Gasteiger partial charge in [0, 0.05) is 53.6 Å². The average Bonchev–Trinajstić information content (AvgIpc) is 3.50. The maximum absolute atomic E-state index is 14.1. The van der Waals surface area contributed by atoms with Crippen molar-refractivity contribution in [3.05, 3.63) is 87.4 Å². The summed E-state index contributed by atoms with van der Waals surface area (Å²) in [6, 6.07) is 19.0. The van der Waals surface area contributed by atoms with E-state index < -0.39 is 0 Å². The lowest BCUT2D eigenvalue weighted by Crippen LogP contribution is -2.50. The summed E-state index contributed by atoms with van der Waals surface area (Å²) < 4.78 is 10.9. The zero-order valence-electron chi connectivity index (χ0n) is 26.9. The summed E-state index contributed by atoms with van der Waals surface area (Å²) in [5.74, 6) is 2.15. The monoisotopic (exact) mass is 685 g/mol. The second-order valence-electron chi connectivity index (χ2n) is 12.3. The maximum atomic E-state index is 14.1. The minimum absolute atomic E-state index is 0.0246. The Kier molecular flexibility index (Phi) is 9.13. The molecule has 4 aromatic rings. The van der Waals surface area contributed by atoms with Crippen LogP contribution in [0.2, 0.25) is 10.0 Å². The van der Waals surface area contributed by atoms with Crippen LogP contribution in [-0.4, -0.2) is 78.4 Å². The third-order valence-corrected chi connectivity index (χ3v) is 9.92. The van der Waals surface area contributed by atoms with E-state index in [0.717, 1.165) is 36.1 Å². The van der Waals surface area contributed by atoms with Gasteiger partial charge in [0.25, 0.3) is 5.91 Å².